The molecule has 0 N–H and O–H groups in total. The van der Waals surface area contributed by atoms with Crippen molar-refractivity contribution >= 4 is 11.4 Å². The van der Waals surface area contributed by atoms with Gasteiger partial charge in [0.25, 0.3) is 0 Å². The molecule has 4 nitrogen and oxygen atoms in total. The van der Waals surface area contributed by atoms with Crippen LogP contribution >= 0.6 is 0 Å². The lowest BCUT2D eigenvalue weighted by atomic mass is 10.1. The predicted octanol–water partition coefficient (Wildman–Crippen LogP) is 2.72. The van der Waals surface area contributed by atoms with Gasteiger partial charge in [-0.2, -0.15) is 0 Å². The van der Waals surface area contributed by atoms with Crippen molar-refractivity contribution in [1.82, 2.24) is 4.31 Å². The maximum Gasteiger partial charge on any atom is 0.573 e. The summed E-state index contributed by atoms with van der Waals surface area (Å²) >= 11 is -1.38. The van der Waals surface area contributed by atoms with Gasteiger partial charge in [0.1, 0.15) is 5.75 Å². The molecule has 1 fully saturated rings. The molecular formula is C13H16F3NO3S. The zero-order valence-corrected chi connectivity index (χ0v) is 12.2. The average Bonchev–Trinajstić information content (AvgIpc) is 2.46. The number of benzene rings is 1. The first-order valence-electron chi connectivity index (χ1n) is 6.44. The standard InChI is InChI=1S/C13H16F3NO3S/c1-19-10-6-8-17(9-7-10)21(18)12-4-2-11(3-5-12)20-13(14,15)16/h2-5,10H,6-9H2,1H3. The minimum absolute atomic E-state index is 0.181. The highest BCUT2D eigenvalue weighted by Crippen LogP contribution is 2.26. The third kappa shape index (κ3) is 4.77. The summed E-state index contributed by atoms with van der Waals surface area (Å²) in [5.74, 6) is -0.318. The number of piperidine rings is 1. The van der Waals surface area contributed by atoms with Crippen molar-refractivity contribution in [3.63, 3.8) is 0 Å². The van der Waals surface area contributed by atoms with Crippen molar-refractivity contribution in [1.29, 1.82) is 0 Å². The molecule has 1 atom stereocenters. The molecule has 0 amide bonds. The zero-order chi connectivity index (χ0) is 15.5. The van der Waals surface area contributed by atoms with Gasteiger partial charge in [0, 0.05) is 20.2 Å². The molecule has 1 aliphatic heterocycles. The molecule has 0 spiro atoms. The van der Waals surface area contributed by atoms with Gasteiger partial charge in [-0.25, -0.2) is 0 Å². The molecule has 1 aromatic carbocycles. The van der Waals surface area contributed by atoms with E-state index < -0.39 is 17.7 Å². The zero-order valence-electron chi connectivity index (χ0n) is 11.4. The Morgan fingerprint density at radius 2 is 1.76 bits per heavy atom. The molecule has 8 heteroatoms. The van der Waals surface area contributed by atoms with Crippen molar-refractivity contribution in [2.24, 2.45) is 0 Å². The van der Waals surface area contributed by atoms with Crippen LogP contribution in [0.4, 0.5) is 13.2 Å². The van der Waals surface area contributed by atoms with Crippen molar-refractivity contribution < 1.29 is 27.2 Å². The van der Waals surface area contributed by atoms with Gasteiger partial charge in [0.15, 0.2) is 4.90 Å². The largest absolute Gasteiger partial charge is 0.593 e. The molecule has 1 heterocycles. The van der Waals surface area contributed by atoms with Crippen LogP contribution in [-0.2, 0) is 16.1 Å². The molecule has 1 aliphatic rings. The van der Waals surface area contributed by atoms with Crippen molar-refractivity contribution in [2.75, 3.05) is 20.2 Å². The van der Waals surface area contributed by atoms with Gasteiger partial charge < -0.3 is 14.0 Å². The highest BCUT2D eigenvalue weighted by molar-refractivity contribution is 7.89. The van der Waals surface area contributed by atoms with Gasteiger partial charge in [-0.3, -0.25) is 0 Å². The molecule has 118 valence electrons. The number of ether oxygens (including phenoxy) is 2. The van der Waals surface area contributed by atoms with E-state index in [9.17, 15) is 17.7 Å². The number of rotatable bonds is 4. The molecule has 1 unspecified atom stereocenters. The molecule has 0 bridgehead atoms. The number of halogens is 3. The Balaban J connectivity index is 1.95. The van der Waals surface area contributed by atoms with E-state index in [0.29, 0.717) is 18.0 Å². The maximum atomic E-state index is 12.3. The van der Waals surface area contributed by atoms with Gasteiger partial charge in [-0.15, -0.1) is 17.5 Å². The minimum atomic E-state index is -4.72. The van der Waals surface area contributed by atoms with E-state index in [0.717, 1.165) is 12.8 Å². The van der Waals surface area contributed by atoms with Gasteiger partial charge in [-0.05, 0) is 37.1 Å². The number of methoxy groups -OCH3 is 1. The van der Waals surface area contributed by atoms with E-state index in [-0.39, 0.29) is 11.9 Å². The van der Waals surface area contributed by atoms with E-state index in [4.69, 9.17) is 4.74 Å². The number of hydrogen-bond acceptors (Lipinski definition) is 4. The van der Waals surface area contributed by atoms with Crippen molar-refractivity contribution in [3.05, 3.63) is 24.3 Å². The second-order valence-electron chi connectivity index (χ2n) is 4.63. The van der Waals surface area contributed by atoms with E-state index in [1.54, 1.807) is 11.4 Å². The van der Waals surface area contributed by atoms with Crippen LogP contribution in [0.5, 0.6) is 5.75 Å². The fourth-order valence-electron chi connectivity index (χ4n) is 2.14. The lowest BCUT2D eigenvalue weighted by Crippen LogP contribution is -2.40. The third-order valence-corrected chi connectivity index (χ3v) is 4.74. The fourth-order valence-corrected chi connectivity index (χ4v) is 3.35. The lowest BCUT2D eigenvalue weighted by Gasteiger charge is -2.30. The molecule has 0 saturated carbocycles. The summed E-state index contributed by atoms with van der Waals surface area (Å²) in [6, 6.07) is 5.12. The smallest absolute Gasteiger partial charge is 0.573 e. The summed E-state index contributed by atoms with van der Waals surface area (Å²) in [5.41, 5.74) is 0. The Morgan fingerprint density at radius 1 is 1.19 bits per heavy atom. The van der Waals surface area contributed by atoms with Crippen LogP contribution in [0.15, 0.2) is 29.2 Å². The van der Waals surface area contributed by atoms with Gasteiger partial charge in [0.2, 0.25) is 0 Å². The van der Waals surface area contributed by atoms with Crippen LogP contribution in [0.1, 0.15) is 12.8 Å². The molecule has 2 rings (SSSR count). The highest BCUT2D eigenvalue weighted by Gasteiger charge is 2.32. The summed E-state index contributed by atoms with van der Waals surface area (Å²) < 4.78 is 59.3. The number of nitrogens with zero attached hydrogens (tertiary/aromatic N) is 1. The highest BCUT2D eigenvalue weighted by atomic mass is 32.2. The van der Waals surface area contributed by atoms with Crippen LogP contribution in [0.25, 0.3) is 0 Å². The fraction of sp³-hybridized carbons (Fsp3) is 0.538. The molecule has 0 aliphatic carbocycles. The Hall–Kier alpha value is -0.960. The summed E-state index contributed by atoms with van der Waals surface area (Å²) in [5, 5.41) is 0. The predicted molar refractivity (Wildman–Crippen MR) is 71.1 cm³/mol. The maximum absolute atomic E-state index is 12.3. The first kappa shape index (κ1) is 16.4. The molecule has 0 aromatic heterocycles. The van der Waals surface area contributed by atoms with E-state index in [1.807, 2.05) is 0 Å². The molecule has 21 heavy (non-hydrogen) atoms. The van der Waals surface area contributed by atoms with Crippen molar-refractivity contribution in [3.8, 4) is 5.75 Å². The topological polar surface area (TPSA) is 44.8 Å². The first-order chi connectivity index (χ1) is 9.89. The van der Waals surface area contributed by atoms with Crippen molar-refractivity contribution in [2.45, 2.75) is 30.2 Å². The minimum Gasteiger partial charge on any atom is -0.593 e. The number of hydrogen-bond donors (Lipinski definition) is 0. The summed E-state index contributed by atoms with van der Waals surface area (Å²) in [6.07, 6.45) is -2.96. The monoisotopic (exact) mass is 323 g/mol. The normalized spacial score (nSPS) is 19.5. The van der Waals surface area contributed by atoms with E-state index >= 15 is 0 Å². The Bertz CT molecular complexity index is 447. The lowest BCUT2D eigenvalue weighted by molar-refractivity contribution is -0.274. The molecular weight excluding hydrogens is 307 g/mol. The molecule has 1 aromatic rings. The summed E-state index contributed by atoms with van der Waals surface area (Å²) in [6.45, 7) is 1.26. The average molecular weight is 323 g/mol. The summed E-state index contributed by atoms with van der Waals surface area (Å²) in [7, 11) is 1.65. The third-order valence-electron chi connectivity index (χ3n) is 3.23. The van der Waals surface area contributed by atoms with Gasteiger partial charge in [0.05, 0.1) is 17.5 Å². The van der Waals surface area contributed by atoms with Crippen LogP contribution in [0.2, 0.25) is 0 Å². The quantitative estimate of drug-likeness (QED) is 0.799. The Morgan fingerprint density at radius 3 is 2.24 bits per heavy atom. The van der Waals surface area contributed by atoms with E-state index in [2.05, 4.69) is 4.74 Å². The van der Waals surface area contributed by atoms with Crippen LogP contribution in [0.3, 0.4) is 0 Å². The van der Waals surface area contributed by atoms with Gasteiger partial charge >= 0.3 is 6.36 Å². The second-order valence-corrected chi connectivity index (χ2v) is 6.12. The van der Waals surface area contributed by atoms with Crippen LogP contribution < -0.4 is 4.74 Å². The van der Waals surface area contributed by atoms with Gasteiger partial charge in [-0.1, -0.05) is 0 Å². The first-order valence-corrected chi connectivity index (χ1v) is 7.55. The SMILES string of the molecule is COC1CCN([S+]([O-])c2ccc(OC(F)(F)F)cc2)CC1. The number of alkyl halides is 3. The Labute approximate surface area is 124 Å². The van der Waals surface area contributed by atoms with Crippen LogP contribution in [-0.4, -0.2) is 41.5 Å². The van der Waals surface area contributed by atoms with Crippen LogP contribution in [0, 0.1) is 0 Å². The molecule has 1 saturated heterocycles. The summed E-state index contributed by atoms with van der Waals surface area (Å²) in [4.78, 5) is 0.459. The second kappa shape index (κ2) is 6.87. The molecule has 0 radical (unpaired) electrons. The van der Waals surface area contributed by atoms with E-state index in [1.165, 1.54) is 24.3 Å². The Kier molecular flexibility index (Phi) is 5.37.